The van der Waals surface area contributed by atoms with Gasteiger partial charge in [0.15, 0.2) is 0 Å². The summed E-state index contributed by atoms with van der Waals surface area (Å²) in [6.07, 6.45) is 3.11. The monoisotopic (exact) mass is 666 g/mol. The number of benzene rings is 8. The number of nitrogens with zero attached hydrogens (tertiary/aromatic N) is 4. The third kappa shape index (κ3) is 4.91. The van der Waals surface area contributed by atoms with Crippen molar-refractivity contribution < 1.29 is 0 Å². The molecule has 0 fully saturated rings. The van der Waals surface area contributed by atoms with Crippen LogP contribution in [0.15, 0.2) is 188 Å². The molecule has 1 heterocycles. The molecule has 1 aliphatic rings. The molecule has 1 unspecified atom stereocenters. The van der Waals surface area contributed by atoms with Crippen LogP contribution in [0.1, 0.15) is 23.9 Å². The molecule has 52 heavy (non-hydrogen) atoms. The second-order valence-corrected chi connectivity index (χ2v) is 13.3. The Kier molecular flexibility index (Phi) is 7.24. The van der Waals surface area contributed by atoms with Crippen molar-refractivity contribution in [2.45, 2.75) is 12.5 Å². The van der Waals surface area contributed by atoms with Crippen molar-refractivity contribution in [3.8, 4) is 0 Å². The minimum absolute atomic E-state index is 0.115. The molecule has 4 nitrogen and oxygen atoms in total. The Labute approximate surface area is 302 Å². The van der Waals surface area contributed by atoms with Gasteiger partial charge < -0.3 is 9.80 Å². The highest BCUT2D eigenvalue weighted by Crippen LogP contribution is 2.47. The van der Waals surface area contributed by atoms with E-state index >= 15 is 0 Å². The maximum atomic E-state index is 5.76. The van der Waals surface area contributed by atoms with Crippen LogP contribution in [-0.4, -0.2) is 9.97 Å². The third-order valence-corrected chi connectivity index (χ3v) is 10.3. The summed E-state index contributed by atoms with van der Waals surface area (Å²) in [6.45, 7) is 0. The molecular weight excluding hydrogens is 633 g/mol. The molecule has 1 aromatic heterocycles. The SMILES string of the molecule is C1=C(N(c2ccccc2)c2cccc3ccccc23)c2nc3c4ccccc4c4ccccc4c3nc2C(N(c2ccccc2)c2ccccc2)C1. The lowest BCUT2D eigenvalue weighted by molar-refractivity contribution is 0.672. The highest BCUT2D eigenvalue weighted by atomic mass is 15.2. The van der Waals surface area contributed by atoms with Crippen molar-refractivity contribution in [2.75, 3.05) is 9.80 Å². The molecule has 1 aliphatic carbocycles. The molecular formula is C48H34N4. The topological polar surface area (TPSA) is 32.3 Å². The number of hydrogen-bond acceptors (Lipinski definition) is 4. The number of anilines is 4. The first-order chi connectivity index (χ1) is 25.8. The van der Waals surface area contributed by atoms with Gasteiger partial charge in [0.05, 0.1) is 34.2 Å². The highest BCUT2D eigenvalue weighted by Gasteiger charge is 2.35. The lowest BCUT2D eigenvalue weighted by Crippen LogP contribution is -2.30. The molecule has 9 aromatic rings. The first kappa shape index (κ1) is 30.1. The van der Waals surface area contributed by atoms with E-state index in [2.05, 4.69) is 198 Å². The standard InChI is InChI=1S/C48H34N4/c1-4-19-34(20-5-1)51(35-21-6-2-7-22-35)43-31-32-44(52(36-23-8-3-9-24-36)42-30-16-18-33-17-10-11-25-37(33)42)48-47(43)49-45-40-28-14-12-26-38(40)39-27-13-15-29-41(39)46(45)50-48/h1-30,32,43H,31H2. The van der Waals surface area contributed by atoms with E-state index in [0.29, 0.717) is 0 Å². The van der Waals surface area contributed by atoms with Crippen molar-refractivity contribution in [1.29, 1.82) is 0 Å². The van der Waals surface area contributed by atoms with Gasteiger partial charge in [-0.1, -0.05) is 146 Å². The van der Waals surface area contributed by atoms with Crippen molar-refractivity contribution in [3.05, 3.63) is 199 Å². The zero-order valence-corrected chi connectivity index (χ0v) is 28.5. The lowest BCUT2D eigenvalue weighted by Gasteiger charge is -2.38. The van der Waals surface area contributed by atoms with Gasteiger partial charge in [0, 0.05) is 33.2 Å². The van der Waals surface area contributed by atoms with E-state index in [1.165, 1.54) is 21.5 Å². The van der Waals surface area contributed by atoms with Crippen LogP contribution in [-0.2, 0) is 0 Å². The van der Waals surface area contributed by atoms with Crippen LogP contribution in [0.5, 0.6) is 0 Å². The highest BCUT2D eigenvalue weighted by molar-refractivity contribution is 6.23. The Morgan fingerprint density at radius 1 is 0.423 bits per heavy atom. The number of para-hydroxylation sites is 3. The van der Waals surface area contributed by atoms with Gasteiger partial charge in [-0.15, -0.1) is 0 Å². The summed E-state index contributed by atoms with van der Waals surface area (Å²) in [6, 6.07) is 64.3. The molecule has 0 aliphatic heterocycles. The van der Waals surface area contributed by atoms with E-state index in [9.17, 15) is 0 Å². The Morgan fingerprint density at radius 3 is 1.52 bits per heavy atom. The van der Waals surface area contributed by atoms with Crippen LogP contribution in [0, 0.1) is 0 Å². The van der Waals surface area contributed by atoms with Gasteiger partial charge in [-0.25, -0.2) is 9.97 Å². The maximum absolute atomic E-state index is 5.76. The summed E-state index contributed by atoms with van der Waals surface area (Å²) < 4.78 is 0. The number of hydrogen-bond donors (Lipinski definition) is 0. The van der Waals surface area contributed by atoms with Gasteiger partial charge in [0.25, 0.3) is 0 Å². The fourth-order valence-corrected chi connectivity index (χ4v) is 8.02. The number of rotatable bonds is 6. The molecule has 1 atom stereocenters. The van der Waals surface area contributed by atoms with E-state index < -0.39 is 0 Å². The van der Waals surface area contributed by atoms with Crippen LogP contribution in [0.4, 0.5) is 22.7 Å². The van der Waals surface area contributed by atoms with Crippen LogP contribution in [0.3, 0.4) is 0 Å². The Balaban J connectivity index is 1.30. The Bertz CT molecular complexity index is 2730. The van der Waals surface area contributed by atoms with Gasteiger partial charge in [0.1, 0.15) is 5.69 Å². The molecule has 10 rings (SSSR count). The molecule has 0 bridgehead atoms. The van der Waals surface area contributed by atoms with E-state index in [-0.39, 0.29) is 6.04 Å². The Morgan fingerprint density at radius 2 is 0.904 bits per heavy atom. The first-order valence-corrected chi connectivity index (χ1v) is 17.9. The molecule has 0 spiro atoms. The molecule has 8 aromatic carbocycles. The summed E-state index contributed by atoms with van der Waals surface area (Å²) in [5.41, 5.74) is 9.12. The molecule has 246 valence electrons. The minimum atomic E-state index is -0.115. The van der Waals surface area contributed by atoms with Gasteiger partial charge in [0.2, 0.25) is 0 Å². The van der Waals surface area contributed by atoms with Crippen LogP contribution in [0.25, 0.3) is 49.0 Å². The second-order valence-electron chi connectivity index (χ2n) is 13.3. The predicted octanol–water partition coefficient (Wildman–Crippen LogP) is 12.6. The largest absolute Gasteiger partial charge is 0.332 e. The smallest absolute Gasteiger partial charge is 0.111 e. The summed E-state index contributed by atoms with van der Waals surface area (Å²) >= 11 is 0. The molecule has 0 amide bonds. The summed E-state index contributed by atoms with van der Waals surface area (Å²) in [7, 11) is 0. The van der Waals surface area contributed by atoms with Crippen molar-refractivity contribution in [3.63, 3.8) is 0 Å². The van der Waals surface area contributed by atoms with E-state index in [0.717, 1.165) is 68.1 Å². The van der Waals surface area contributed by atoms with Crippen molar-refractivity contribution in [1.82, 2.24) is 9.97 Å². The van der Waals surface area contributed by atoms with E-state index in [1.807, 2.05) is 0 Å². The summed E-state index contributed by atoms with van der Waals surface area (Å²) in [4.78, 5) is 16.3. The second kappa shape index (κ2) is 12.5. The third-order valence-electron chi connectivity index (χ3n) is 10.3. The molecule has 0 radical (unpaired) electrons. The lowest BCUT2D eigenvalue weighted by atomic mass is 9.93. The quantitative estimate of drug-likeness (QED) is 0.165. The molecule has 4 heteroatoms. The van der Waals surface area contributed by atoms with Crippen molar-refractivity contribution >= 4 is 71.8 Å². The predicted molar refractivity (Wildman–Crippen MR) is 217 cm³/mol. The number of fused-ring (bicyclic) bond motifs is 8. The fourth-order valence-electron chi connectivity index (χ4n) is 8.02. The van der Waals surface area contributed by atoms with Gasteiger partial charge >= 0.3 is 0 Å². The normalized spacial score (nSPS) is 14.0. The maximum Gasteiger partial charge on any atom is 0.111 e. The average Bonchev–Trinajstić information content (AvgIpc) is 3.22. The van der Waals surface area contributed by atoms with Crippen LogP contribution >= 0.6 is 0 Å². The van der Waals surface area contributed by atoms with Gasteiger partial charge in [-0.3, -0.25) is 0 Å². The van der Waals surface area contributed by atoms with E-state index in [4.69, 9.17) is 9.97 Å². The van der Waals surface area contributed by atoms with Crippen LogP contribution in [0.2, 0.25) is 0 Å². The average molecular weight is 667 g/mol. The molecule has 0 N–H and O–H groups in total. The molecule has 0 saturated carbocycles. The fraction of sp³-hybridized carbons (Fsp3) is 0.0417. The summed E-state index contributed by atoms with van der Waals surface area (Å²) in [5.74, 6) is 0. The van der Waals surface area contributed by atoms with Gasteiger partial charge in [-0.2, -0.15) is 0 Å². The zero-order valence-electron chi connectivity index (χ0n) is 28.5. The zero-order chi connectivity index (χ0) is 34.4. The summed E-state index contributed by atoms with van der Waals surface area (Å²) in [5, 5.41) is 6.96. The van der Waals surface area contributed by atoms with Crippen LogP contribution < -0.4 is 9.80 Å². The van der Waals surface area contributed by atoms with Gasteiger partial charge in [-0.05, 0) is 65.0 Å². The Hall–Kier alpha value is -6.78. The molecule has 0 saturated heterocycles. The van der Waals surface area contributed by atoms with Crippen molar-refractivity contribution in [2.24, 2.45) is 0 Å². The van der Waals surface area contributed by atoms with E-state index in [1.54, 1.807) is 0 Å². The minimum Gasteiger partial charge on any atom is -0.332 e. The first-order valence-electron chi connectivity index (χ1n) is 17.9. The number of aromatic nitrogens is 2.